The van der Waals surface area contributed by atoms with E-state index in [0.717, 1.165) is 48.8 Å². The Balaban J connectivity index is 1.58. The van der Waals surface area contributed by atoms with E-state index in [1.54, 1.807) is 12.0 Å². The van der Waals surface area contributed by atoms with Gasteiger partial charge in [-0.3, -0.25) is 4.79 Å². The Morgan fingerprint density at radius 1 is 1.24 bits per heavy atom. The Hall–Kier alpha value is -2.65. The minimum Gasteiger partial charge on any atom is -0.444 e. The Labute approximate surface area is 226 Å². The fourth-order valence-corrected chi connectivity index (χ4v) is 5.08. The van der Waals surface area contributed by atoms with Crippen molar-refractivity contribution in [3.05, 3.63) is 29.6 Å². The number of morpholine rings is 1. The van der Waals surface area contributed by atoms with Crippen LogP contribution in [0.15, 0.2) is 18.5 Å². The number of carbonyl (C=O) groups excluding carboxylic acids is 2. The zero-order chi connectivity index (χ0) is 27.4. The first-order valence-corrected chi connectivity index (χ1v) is 13.9. The average Bonchev–Trinajstić information content (AvgIpc) is 3.63. The summed E-state index contributed by atoms with van der Waals surface area (Å²) >= 11 is 0. The maximum absolute atomic E-state index is 13.8. The number of methoxy groups -OCH3 is 1. The Bertz CT molecular complexity index is 1120. The zero-order valence-electron chi connectivity index (χ0n) is 23.9. The van der Waals surface area contributed by atoms with Crippen molar-refractivity contribution in [3.63, 3.8) is 0 Å². The number of fused-ring (bicyclic) bond motifs is 1. The van der Waals surface area contributed by atoms with E-state index < -0.39 is 17.8 Å². The summed E-state index contributed by atoms with van der Waals surface area (Å²) in [5.74, 6) is 0.441. The molecule has 4 rings (SSSR count). The van der Waals surface area contributed by atoms with Crippen molar-refractivity contribution in [1.29, 1.82) is 0 Å². The molecule has 210 valence electrons. The molecule has 0 aromatic carbocycles. The van der Waals surface area contributed by atoms with Crippen LogP contribution in [0.5, 0.6) is 0 Å². The molecular formula is C29H44N4O5. The van der Waals surface area contributed by atoms with Crippen molar-refractivity contribution in [3.8, 4) is 0 Å². The predicted octanol–water partition coefficient (Wildman–Crippen LogP) is 4.40. The van der Waals surface area contributed by atoms with Crippen LogP contribution < -0.4 is 0 Å². The van der Waals surface area contributed by atoms with Crippen molar-refractivity contribution in [2.24, 2.45) is 5.92 Å². The van der Waals surface area contributed by atoms with Crippen LogP contribution in [-0.2, 0) is 38.5 Å². The lowest BCUT2D eigenvalue weighted by Gasteiger charge is -2.36. The predicted molar refractivity (Wildman–Crippen MR) is 146 cm³/mol. The van der Waals surface area contributed by atoms with E-state index in [1.165, 1.54) is 5.56 Å². The van der Waals surface area contributed by atoms with Crippen molar-refractivity contribution < 1.29 is 23.8 Å². The van der Waals surface area contributed by atoms with Gasteiger partial charge in [-0.05, 0) is 69.6 Å². The van der Waals surface area contributed by atoms with Gasteiger partial charge >= 0.3 is 6.09 Å². The van der Waals surface area contributed by atoms with Gasteiger partial charge in [0.15, 0.2) is 6.10 Å². The topological polar surface area (TPSA) is 86.1 Å². The highest BCUT2D eigenvalue weighted by Crippen LogP contribution is 2.33. The van der Waals surface area contributed by atoms with Gasteiger partial charge in [0.25, 0.3) is 5.91 Å². The third-order valence-corrected chi connectivity index (χ3v) is 6.90. The lowest BCUT2D eigenvalue weighted by Crippen LogP contribution is -2.53. The van der Waals surface area contributed by atoms with E-state index in [-0.39, 0.29) is 18.5 Å². The second-order valence-electron chi connectivity index (χ2n) is 11.9. The van der Waals surface area contributed by atoms with E-state index in [0.29, 0.717) is 32.2 Å². The molecule has 1 saturated heterocycles. The maximum Gasteiger partial charge on any atom is 0.410 e. The molecule has 9 nitrogen and oxygen atoms in total. The summed E-state index contributed by atoms with van der Waals surface area (Å²) in [5, 5.41) is 1.15. The van der Waals surface area contributed by atoms with Crippen LogP contribution in [0, 0.1) is 5.92 Å². The highest BCUT2D eigenvalue weighted by molar-refractivity contribution is 5.86. The summed E-state index contributed by atoms with van der Waals surface area (Å²) in [6.45, 7) is 12.9. The summed E-state index contributed by atoms with van der Waals surface area (Å²) in [7, 11) is 1.72. The van der Waals surface area contributed by atoms with Crippen LogP contribution in [0.3, 0.4) is 0 Å². The fraction of sp³-hybridized carbons (Fsp3) is 0.690. The summed E-state index contributed by atoms with van der Waals surface area (Å²) in [5.41, 5.74) is 2.75. The van der Waals surface area contributed by atoms with Crippen LogP contribution in [0.25, 0.3) is 11.0 Å². The Kier molecular flexibility index (Phi) is 8.98. The molecule has 0 N–H and O–H groups in total. The number of ether oxygens (including phenoxy) is 3. The van der Waals surface area contributed by atoms with Crippen molar-refractivity contribution in [1.82, 2.24) is 19.4 Å². The summed E-state index contributed by atoms with van der Waals surface area (Å²) in [6.07, 6.45) is 6.76. The molecule has 1 saturated carbocycles. The van der Waals surface area contributed by atoms with Gasteiger partial charge < -0.3 is 28.6 Å². The number of rotatable bonds is 10. The van der Waals surface area contributed by atoms with Crippen LogP contribution in [-0.4, -0.2) is 82.5 Å². The van der Waals surface area contributed by atoms with E-state index in [2.05, 4.69) is 30.7 Å². The largest absolute Gasteiger partial charge is 0.444 e. The first kappa shape index (κ1) is 28.4. The number of carbonyl (C=O) groups is 2. The summed E-state index contributed by atoms with van der Waals surface area (Å²) < 4.78 is 18.9. The van der Waals surface area contributed by atoms with Gasteiger partial charge in [-0.15, -0.1) is 0 Å². The number of aromatic nitrogens is 2. The normalized spacial score (nSPS) is 18.3. The van der Waals surface area contributed by atoms with Crippen molar-refractivity contribution in [2.75, 3.05) is 33.4 Å². The minimum absolute atomic E-state index is 0.0599. The number of aryl methyl sites for hydroxylation is 1. The second-order valence-corrected chi connectivity index (χ2v) is 11.9. The molecule has 0 bridgehead atoms. The molecule has 1 atom stereocenters. The van der Waals surface area contributed by atoms with E-state index in [1.807, 2.05) is 31.9 Å². The third kappa shape index (κ3) is 7.05. The van der Waals surface area contributed by atoms with Crippen LogP contribution in [0.4, 0.5) is 4.79 Å². The van der Waals surface area contributed by atoms with E-state index in [9.17, 15) is 9.59 Å². The van der Waals surface area contributed by atoms with Gasteiger partial charge in [0, 0.05) is 57.2 Å². The molecule has 0 unspecified atom stereocenters. The number of hydrogen-bond donors (Lipinski definition) is 0. The van der Waals surface area contributed by atoms with Crippen LogP contribution >= 0.6 is 0 Å². The first-order valence-electron chi connectivity index (χ1n) is 13.9. The lowest BCUT2D eigenvalue weighted by molar-refractivity contribution is -0.150. The molecule has 0 radical (unpaired) electrons. The zero-order valence-corrected chi connectivity index (χ0v) is 23.9. The number of hydrogen-bond acceptors (Lipinski definition) is 6. The second kappa shape index (κ2) is 12.0. The smallest absolute Gasteiger partial charge is 0.410 e. The first-order chi connectivity index (χ1) is 18.1. The average molecular weight is 529 g/mol. The Morgan fingerprint density at radius 3 is 2.66 bits per heavy atom. The van der Waals surface area contributed by atoms with Gasteiger partial charge in [0.1, 0.15) is 11.2 Å². The molecule has 2 amide bonds. The molecule has 3 heterocycles. The van der Waals surface area contributed by atoms with Gasteiger partial charge in [-0.25, -0.2) is 9.78 Å². The van der Waals surface area contributed by atoms with Crippen molar-refractivity contribution >= 4 is 23.0 Å². The molecule has 9 heteroatoms. The molecular weight excluding hydrogens is 484 g/mol. The standard InChI is InChI=1S/C29H44N4O5/c1-20(2)16-21-10-11-30-26-25(21)22(17-31(26)12-7-14-36-6)18-33(23-8-9-23)27(34)24-19-32(13-15-37-24)28(35)38-29(3,4)5/h10-11,17,20,23-24H,7-9,12-16,18-19H2,1-6H3/t24-/m1/s1. The van der Waals surface area contributed by atoms with Gasteiger partial charge in [-0.2, -0.15) is 0 Å². The molecule has 38 heavy (non-hydrogen) atoms. The quantitative estimate of drug-likeness (QED) is 0.425. The van der Waals surface area contributed by atoms with E-state index in [4.69, 9.17) is 19.2 Å². The van der Waals surface area contributed by atoms with Gasteiger partial charge in [0.2, 0.25) is 0 Å². The van der Waals surface area contributed by atoms with Gasteiger partial charge in [-0.1, -0.05) is 13.8 Å². The van der Waals surface area contributed by atoms with Crippen molar-refractivity contribution in [2.45, 2.75) is 91.1 Å². The molecule has 0 spiro atoms. The number of pyridine rings is 1. The lowest BCUT2D eigenvalue weighted by atomic mass is 9.99. The van der Waals surface area contributed by atoms with Crippen LogP contribution in [0.2, 0.25) is 0 Å². The minimum atomic E-state index is -0.694. The summed E-state index contributed by atoms with van der Waals surface area (Å²) in [4.78, 5) is 34.8. The van der Waals surface area contributed by atoms with Crippen LogP contribution in [0.1, 0.15) is 65.0 Å². The molecule has 2 aromatic rings. The highest BCUT2D eigenvalue weighted by atomic mass is 16.6. The molecule has 1 aliphatic heterocycles. The monoisotopic (exact) mass is 528 g/mol. The molecule has 1 aliphatic carbocycles. The Morgan fingerprint density at radius 2 is 2.00 bits per heavy atom. The van der Waals surface area contributed by atoms with E-state index >= 15 is 0 Å². The maximum atomic E-state index is 13.8. The SMILES string of the molecule is COCCCn1cc(CN(C(=O)[C@H]2CN(C(=O)OC(C)(C)C)CCO2)C2CC2)c2c(CC(C)C)ccnc21. The molecule has 2 aromatic heterocycles. The van der Waals surface area contributed by atoms with Gasteiger partial charge in [0.05, 0.1) is 13.2 Å². The number of nitrogens with zero attached hydrogens (tertiary/aromatic N) is 4. The fourth-order valence-electron chi connectivity index (χ4n) is 5.08. The third-order valence-electron chi connectivity index (χ3n) is 6.90. The molecule has 2 fully saturated rings. The highest BCUT2D eigenvalue weighted by Gasteiger charge is 2.40. The number of amides is 2. The molecule has 2 aliphatic rings. The summed E-state index contributed by atoms with van der Waals surface area (Å²) in [6, 6.07) is 2.30.